The van der Waals surface area contributed by atoms with E-state index in [0.29, 0.717) is 56.7 Å². The van der Waals surface area contributed by atoms with Gasteiger partial charge in [0.2, 0.25) is 0 Å². The molecular formula is C50H36F22N4O4. The van der Waals surface area contributed by atoms with Gasteiger partial charge in [0.25, 0.3) is 0 Å². The minimum Gasteiger partial charge on any atom is -0.421 e. The smallest absolute Gasteiger partial charge is 0.420 e. The van der Waals surface area contributed by atoms with Crippen LogP contribution in [-0.2, 0) is 46.6 Å². The molecule has 4 rings (SSSR count). The highest BCUT2D eigenvalue weighted by Crippen LogP contribution is 2.50. The highest BCUT2D eigenvalue weighted by molar-refractivity contribution is 6.00. The lowest BCUT2D eigenvalue weighted by molar-refractivity contribution is -0.154. The zero-order valence-electron chi connectivity index (χ0n) is 40.6. The van der Waals surface area contributed by atoms with Crippen LogP contribution in [0.3, 0.4) is 0 Å². The fraction of sp³-hybridized carbons (Fsp3) is 0.360. The number of carbonyl (C=O) groups excluding carboxylic acids is 2. The maximum Gasteiger partial charge on any atom is 0.420 e. The second kappa shape index (κ2) is 25.2. The van der Waals surface area contributed by atoms with Crippen LogP contribution in [0.4, 0.5) is 108 Å². The average Bonchev–Trinajstić information content (AvgIpc) is 3.31. The molecule has 0 heterocycles. The van der Waals surface area contributed by atoms with E-state index in [2.05, 4.69) is 9.47 Å². The van der Waals surface area contributed by atoms with E-state index in [4.69, 9.17) is 0 Å². The Morgan fingerprint density at radius 3 is 1.10 bits per heavy atom. The summed E-state index contributed by atoms with van der Waals surface area (Å²) in [6.45, 7) is 3.42. The molecular weight excluding hydrogens is 1140 g/mol. The Morgan fingerprint density at radius 2 is 0.787 bits per heavy atom. The molecule has 0 unspecified atom stereocenters. The molecule has 0 amide bonds. The average molecular weight is 1170 g/mol. The van der Waals surface area contributed by atoms with E-state index in [9.17, 15) is 99.1 Å². The molecule has 0 bridgehead atoms. The Balaban J connectivity index is 1.38. The number of benzene rings is 4. The number of hydrogen-bond acceptors (Lipinski definition) is 8. The normalized spacial score (nSPS) is 13.0. The van der Waals surface area contributed by atoms with Gasteiger partial charge >= 0.3 is 49.0 Å². The molecule has 0 aromatic heterocycles. The van der Waals surface area contributed by atoms with Crippen LogP contribution in [0.2, 0.25) is 0 Å². The molecule has 434 valence electrons. The van der Waals surface area contributed by atoms with E-state index in [-0.39, 0.29) is 37.9 Å². The summed E-state index contributed by atoms with van der Waals surface area (Å²) in [5, 5.41) is 18.9. The van der Waals surface area contributed by atoms with Crippen molar-refractivity contribution in [1.82, 2.24) is 0 Å². The van der Waals surface area contributed by atoms with Crippen LogP contribution in [-0.4, -0.2) is 38.1 Å². The molecule has 0 fully saturated rings. The maximum atomic E-state index is 15.4. The molecule has 0 N–H and O–H groups in total. The van der Waals surface area contributed by atoms with Crippen molar-refractivity contribution in [2.24, 2.45) is 0 Å². The van der Waals surface area contributed by atoms with Gasteiger partial charge in [0.15, 0.2) is 11.5 Å². The lowest BCUT2D eigenvalue weighted by Gasteiger charge is -2.24. The van der Waals surface area contributed by atoms with Gasteiger partial charge in [-0.25, -0.2) is 27.2 Å². The Morgan fingerprint density at radius 1 is 0.463 bits per heavy atom. The summed E-state index contributed by atoms with van der Waals surface area (Å²) in [5.41, 5.74) is -21.1. The number of ether oxygens (including phenoxy) is 2. The van der Waals surface area contributed by atoms with E-state index in [1.165, 1.54) is 16.7 Å². The summed E-state index contributed by atoms with van der Waals surface area (Å²) in [6.07, 6.45) is -32.2. The molecule has 0 atom stereocenters. The summed E-state index contributed by atoms with van der Waals surface area (Å²) in [4.78, 5) is 28.2. The van der Waals surface area contributed by atoms with E-state index in [0.717, 1.165) is 24.3 Å². The van der Waals surface area contributed by atoms with Crippen LogP contribution in [0.5, 0.6) is 11.5 Å². The SMILES string of the molecule is CCN(CCCCCCCCN(CC)c1c(F)cc(C=C(C#N)C(=O)Oc2c(C(F)(F)F)cc(C(F)(F)F)cc2C(F)(F)F)cc1F)c1cc(F)c(C=C(C#N)C(=O)Oc2c(C(F)(F)F)cc(C(F)(F)F)cc2C(F)(F)F)c(F)c1. The van der Waals surface area contributed by atoms with Gasteiger partial charge in [-0.3, -0.25) is 0 Å². The van der Waals surface area contributed by atoms with Crippen molar-refractivity contribution in [2.45, 2.75) is 89.4 Å². The van der Waals surface area contributed by atoms with Crippen LogP contribution in [0.25, 0.3) is 12.2 Å². The fourth-order valence-electron chi connectivity index (χ4n) is 7.60. The standard InChI is InChI=1S/C50H36F22N4O4/c1-3-75(30-21-36(51)31(37(52)22-30)16-27(24-74)44(78)80-42-34(49(67,68)69)19-29(46(58,59)60)20-35(42)50(70,71)72)11-9-7-5-6-8-10-12-76(4-2)40-38(53)14-25(15-39(40)54)13-26(23-73)43(77)79-41-32(47(61,62)63)17-28(45(55,56)57)18-33(41)48(64,65)66/h13-22H,3-12H2,1-2H3. The van der Waals surface area contributed by atoms with Crippen LogP contribution in [0.15, 0.2) is 59.7 Å². The van der Waals surface area contributed by atoms with Crippen LogP contribution in [0.1, 0.15) is 96.9 Å². The number of alkyl halides is 18. The number of nitrogens with zero attached hydrogens (tertiary/aromatic N) is 4. The van der Waals surface area contributed by atoms with Gasteiger partial charge in [-0.2, -0.15) is 89.6 Å². The van der Waals surface area contributed by atoms with Crippen LogP contribution < -0.4 is 19.3 Å². The third kappa shape index (κ3) is 16.5. The molecule has 4 aromatic carbocycles. The maximum absolute atomic E-state index is 15.4. The van der Waals surface area contributed by atoms with Crippen LogP contribution >= 0.6 is 0 Å². The van der Waals surface area contributed by atoms with Gasteiger partial charge in [0, 0.05) is 37.4 Å². The topological polar surface area (TPSA) is 107 Å². The molecule has 8 nitrogen and oxygen atoms in total. The molecule has 0 saturated heterocycles. The highest BCUT2D eigenvalue weighted by Gasteiger charge is 2.48. The highest BCUT2D eigenvalue weighted by atomic mass is 19.4. The fourth-order valence-corrected chi connectivity index (χ4v) is 7.60. The third-order valence-electron chi connectivity index (χ3n) is 11.4. The summed E-state index contributed by atoms with van der Waals surface area (Å²) in [5.74, 6) is -15.1. The van der Waals surface area contributed by atoms with Crippen molar-refractivity contribution in [2.75, 3.05) is 36.0 Å². The molecule has 0 spiro atoms. The summed E-state index contributed by atoms with van der Waals surface area (Å²) in [7, 11) is 0. The molecule has 80 heavy (non-hydrogen) atoms. The first-order valence-electron chi connectivity index (χ1n) is 22.7. The van der Waals surface area contributed by atoms with E-state index < -0.39 is 169 Å². The van der Waals surface area contributed by atoms with Crippen molar-refractivity contribution in [1.29, 1.82) is 10.5 Å². The minimum absolute atomic E-state index is 0.00350. The third-order valence-corrected chi connectivity index (χ3v) is 11.4. The number of hydrogen-bond donors (Lipinski definition) is 0. The first kappa shape index (κ1) is 64.9. The Bertz CT molecular complexity index is 2970. The second-order valence-electron chi connectivity index (χ2n) is 16.8. The van der Waals surface area contributed by atoms with Crippen molar-refractivity contribution in [3.05, 3.63) is 127 Å². The lowest BCUT2D eigenvalue weighted by Crippen LogP contribution is -2.26. The zero-order chi connectivity index (χ0) is 60.7. The van der Waals surface area contributed by atoms with E-state index >= 15 is 17.6 Å². The lowest BCUT2D eigenvalue weighted by atomic mass is 10.0. The van der Waals surface area contributed by atoms with Gasteiger partial charge in [-0.05, 0) is 92.9 Å². The molecule has 30 heteroatoms. The quantitative estimate of drug-likeness (QED) is 0.0228. The number of rotatable bonds is 19. The number of halogens is 22. The van der Waals surface area contributed by atoms with Crippen molar-refractivity contribution < 1.29 is 116 Å². The number of esters is 2. The van der Waals surface area contributed by atoms with Gasteiger partial charge in [0.05, 0.1) is 33.4 Å². The summed E-state index contributed by atoms with van der Waals surface area (Å²) in [6, 6.07) is 1.62. The summed E-state index contributed by atoms with van der Waals surface area (Å²) >= 11 is 0. The molecule has 0 aliphatic heterocycles. The van der Waals surface area contributed by atoms with Crippen molar-refractivity contribution in [3.63, 3.8) is 0 Å². The zero-order valence-corrected chi connectivity index (χ0v) is 40.6. The number of carbonyl (C=O) groups is 2. The summed E-state index contributed by atoms with van der Waals surface area (Å²) < 4.78 is 314. The van der Waals surface area contributed by atoms with Gasteiger partial charge in [-0.1, -0.05) is 25.7 Å². The van der Waals surface area contributed by atoms with E-state index in [1.807, 2.05) is 0 Å². The Hall–Kier alpha value is -7.66. The first-order valence-corrected chi connectivity index (χ1v) is 22.7. The van der Waals surface area contributed by atoms with Gasteiger partial charge < -0.3 is 19.3 Å². The van der Waals surface area contributed by atoms with Gasteiger partial charge in [-0.15, -0.1) is 0 Å². The molecule has 0 saturated carbocycles. The monoisotopic (exact) mass is 1170 g/mol. The predicted molar refractivity (Wildman–Crippen MR) is 238 cm³/mol. The predicted octanol–water partition coefficient (Wildman–Crippen LogP) is 16.1. The van der Waals surface area contributed by atoms with Crippen molar-refractivity contribution in [3.8, 4) is 23.6 Å². The number of unbranched alkanes of at least 4 members (excludes halogenated alkanes) is 5. The van der Waals surface area contributed by atoms with Crippen molar-refractivity contribution >= 4 is 35.5 Å². The molecule has 0 radical (unpaired) electrons. The molecule has 4 aromatic rings. The largest absolute Gasteiger partial charge is 0.421 e. The van der Waals surface area contributed by atoms with Gasteiger partial charge in [0.1, 0.15) is 52.2 Å². The first-order chi connectivity index (χ1) is 36.8. The van der Waals surface area contributed by atoms with Crippen LogP contribution in [0, 0.1) is 45.9 Å². The number of anilines is 2. The number of nitriles is 2. The Labute approximate surface area is 437 Å². The second-order valence-corrected chi connectivity index (χ2v) is 16.8. The Kier molecular flexibility index (Phi) is 20.4. The van der Waals surface area contributed by atoms with E-state index in [1.54, 1.807) is 6.92 Å². The minimum atomic E-state index is -5.99. The molecule has 0 aliphatic rings. The molecule has 0 aliphatic carbocycles.